The number of ether oxygens (including phenoxy) is 2. The van der Waals surface area contributed by atoms with E-state index < -0.39 is 0 Å². The van der Waals surface area contributed by atoms with E-state index in [1.165, 1.54) is 5.56 Å². The highest BCUT2D eigenvalue weighted by molar-refractivity contribution is 5.93. The summed E-state index contributed by atoms with van der Waals surface area (Å²) in [6.07, 6.45) is 3.63. The topological polar surface area (TPSA) is 59.6 Å². The lowest BCUT2D eigenvalue weighted by Crippen LogP contribution is -2.21. The van der Waals surface area contributed by atoms with Gasteiger partial charge in [-0.25, -0.2) is 0 Å². The molecule has 1 amide bonds. The minimum absolute atomic E-state index is 0.131. The fourth-order valence-corrected chi connectivity index (χ4v) is 2.98. The van der Waals surface area contributed by atoms with E-state index in [1.807, 2.05) is 54.6 Å². The van der Waals surface area contributed by atoms with Gasteiger partial charge < -0.3 is 20.1 Å². The van der Waals surface area contributed by atoms with Gasteiger partial charge >= 0.3 is 0 Å². The Kier molecular flexibility index (Phi) is 8.56. The molecule has 5 heteroatoms. The highest BCUT2D eigenvalue weighted by Gasteiger charge is 2.04. The Morgan fingerprint density at radius 1 is 0.871 bits per heavy atom. The van der Waals surface area contributed by atoms with Gasteiger partial charge in [-0.3, -0.25) is 4.79 Å². The van der Waals surface area contributed by atoms with Gasteiger partial charge in [0, 0.05) is 17.4 Å². The molecule has 0 unspecified atom stereocenters. The minimum atomic E-state index is -0.131. The van der Waals surface area contributed by atoms with Gasteiger partial charge in [-0.05, 0) is 54.8 Å². The number of hydrogen-bond acceptors (Lipinski definition) is 4. The van der Waals surface area contributed by atoms with Crippen molar-refractivity contribution in [3.8, 4) is 11.5 Å². The predicted octanol–water partition coefficient (Wildman–Crippen LogP) is 5.31. The second-order valence-electron chi connectivity index (χ2n) is 6.99. The molecule has 0 aliphatic carbocycles. The van der Waals surface area contributed by atoms with E-state index in [0.717, 1.165) is 35.7 Å². The molecular weight excluding hydrogens is 388 g/mol. The van der Waals surface area contributed by atoms with Crippen molar-refractivity contribution in [1.82, 2.24) is 0 Å². The molecule has 3 aromatic carbocycles. The summed E-state index contributed by atoms with van der Waals surface area (Å²) in [4.78, 5) is 12.2. The summed E-state index contributed by atoms with van der Waals surface area (Å²) >= 11 is 0. The van der Waals surface area contributed by atoms with Crippen LogP contribution < -0.4 is 20.1 Å². The number of rotatable bonds is 12. The van der Waals surface area contributed by atoms with Crippen molar-refractivity contribution < 1.29 is 14.3 Å². The van der Waals surface area contributed by atoms with E-state index in [0.29, 0.717) is 13.2 Å². The van der Waals surface area contributed by atoms with Gasteiger partial charge in [0.25, 0.3) is 0 Å². The van der Waals surface area contributed by atoms with Crippen molar-refractivity contribution in [2.75, 3.05) is 30.4 Å². The number of benzene rings is 3. The lowest BCUT2D eigenvalue weighted by Gasteiger charge is -2.10. The quantitative estimate of drug-likeness (QED) is 0.310. The summed E-state index contributed by atoms with van der Waals surface area (Å²) in [6, 6.07) is 25.3. The second kappa shape index (κ2) is 12.1. The van der Waals surface area contributed by atoms with Crippen molar-refractivity contribution in [3.63, 3.8) is 0 Å². The highest BCUT2D eigenvalue weighted by Crippen LogP contribution is 2.18. The van der Waals surface area contributed by atoms with Crippen molar-refractivity contribution in [3.05, 3.63) is 97.1 Å². The lowest BCUT2D eigenvalue weighted by molar-refractivity contribution is -0.114. The molecule has 0 fully saturated rings. The van der Waals surface area contributed by atoms with E-state index >= 15 is 0 Å². The zero-order chi connectivity index (χ0) is 21.7. The van der Waals surface area contributed by atoms with Crippen LogP contribution >= 0.6 is 0 Å². The van der Waals surface area contributed by atoms with Crippen LogP contribution in [-0.2, 0) is 11.2 Å². The fourth-order valence-electron chi connectivity index (χ4n) is 2.98. The standard InChI is InChI=1S/C26H28N2O3/c1-2-17-30-25-12-6-11-23(19-25)27-20-26(29)28-22-13-15-24(16-14-22)31-18-7-10-21-8-4-3-5-9-21/h2-6,8-9,11-16,19,27H,1,7,10,17-18,20H2,(H,28,29). The third-order valence-corrected chi connectivity index (χ3v) is 4.51. The van der Waals surface area contributed by atoms with E-state index in [9.17, 15) is 4.79 Å². The number of hydrogen-bond donors (Lipinski definition) is 2. The summed E-state index contributed by atoms with van der Waals surface area (Å²) in [5.74, 6) is 1.39. The average molecular weight is 417 g/mol. The molecule has 0 radical (unpaired) electrons. The molecule has 0 aliphatic rings. The Bertz CT molecular complexity index is 956. The molecule has 0 aliphatic heterocycles. The van der Waals surface area contributed by atoms with E-state index in [-0.39, 0.29) is 12.5 Å². The Balaban J connectivity index is 1.38. The van der Waals surface area contributed by atoms with Crippen LogP contribution in [-0.4, -0.2) is 25.7 Å². The highest BCUT2D eigenvalue weighted by atomic mass is 16.5. The van der Waals surface area contributed by atoms with Gasteiger partial charge in [0.15, 0.2) is 0 Å². The van der Waals surface area contributed by atoms with Crippen molar-refractivity contribution in [2.45, 2.75) is 12.8 Å². The molecular formula is C26H28N2O3. The first-order valence-corrected chi connectivity index (χ1v) is 10.4. The second-order valence-corrected chi connectivity index (χ2v) is 6.99. The molecule has 0 heterocycles. The zero-order valence-corrected chi connectivity index (χ0v) is 17.6. The molecule has 160 valence electrons. The van der Waals surface area contributed by atoms with Crippen LogP contribution in [0.4, 0.5) is 11.4 Å². The van der Waals surface area contributed by atoms with Gasteiger partial charge in [0.05, 0.1) is 13.2 Å². The molecule has 0 aromatic heterocycles. The molecule has 31 heavy (non-hydrogen) atoms. The SMILES string of the molecule is C=CCOc1cccc(NCC(=O)Nc2ccc(OCCCc3ccccc3)cc2)c1. The first-order valence-electron chi connectivity index (χ1n) is 10.4. The van der Waals surface area contributed by atoms with Crippen LogP contribution in [0.15, 0.2) is 91.5 Å². The molecule has 0 saturated heterocycles. The van der Waals surface area contributed by atoms with Crippen LogP contribution in [0.25, 0.3) is 0 Å². The third kappa shape index (κ3) is 7.90. The maximum Gasteiger partial charge on any atom is 0.243 e. The Hall–Kier alpha value is -3.73. The summed E-state index contributed by atoms with van der Waals surface area (Å²) in [6.45, 7) is 4.88. The number of aryl methyl sites for hydroxylation is 1. The minimum Gasteiger partial charge on any atom is -0.494 e. The molecule has 0 atom stereocenters. The largest absolute Gasteiger partial charge is 0.494 e. The average Bonchev–Trinajstić information content (AvgIpc) is 2.81. The normalized spacial score (nSPS) is 10.2. The van der Waals surface area contributed by atoms with Crippen LogP contribution in [0, 0.1) is 0 Å². The van der Waals surface area contributed by atoms with Gasteiger partial charge in [-0.2, -0.15) is 0 Å². The van der Waals surface area contributed by atoms with Crippen molar-refractivity contribution in [2.24, 2.45) is 0 Å². The monoisotopic (exact) mass is 416 g/mol. The predicted molar refractivity (Wildman–Crippen MR) is 126 cm³/mol. The molecule has 3 rings (SSSR count). The first-order chi connectivity index (χ1) is 15.2. The first kappa shape index (κ1) is 22.0. The number of carbonyl (C=O) groups is 1. The van der Waals surface area contributed by atoms with Gasteiger partial charge in [0.1, 0.15) is 18.1 Å². The third-order valence-electron chi connectivity index (χ3n) is 4.51. The summed E-state index contributed by atoms with van der Waals surface area (Å²) in [7, 11) is 0. The molecule has 5 nitrogen and oxygen atoms in total. The van der Waals surface area contributed by atoms with E-state index in [2.05, 4.69) is 41.5 Å². The summed E-state index contributed by atoms with van der Waals surface area (Å²) in [5.41, 5.74) is 2.86. The molecule has 3 aromatic rings. The number of carbonyl (C=O) groups excluding carboxylic acids is 1. The number of nitrogens with one attached hydrogen (secondary N) is 2. The van der Waals surface area contributed by atoms with Crippen LogP contribution in [0.3, 0.4) is 0 Å². The summed E-state index contributed by atoms with van der Waals surface area (Å²) in [5, 5.41) is 5.97. The number of amides is 1. The Labute approximate surface area is 183 Å². The van der Waals surface area contributed by atoms with E-state index in [1.54, 1.807) is 6.08 Å². The molecule has 0 bridgehead atoms. The van der Waals surface area contributed by atoms with Crippen LogP contribution in [0.1, 0.15) is 12.0 Å². The summed E-state index contributed by atoms with van der Waals surface area (Å²) < 4.78 is 11.3. The maximum absolute atomic E-state index is 12.2. The van der Waals surface area contributed by atoms with Gasteiger partial charge in [0.2, 0.25) is 5.91 Å². The van der Waals surface area contributed by atoms with Gasteiger partial charge in [-0.15, -0.1) is 0 Å². The van der Waals surface area contributed by atoms with Crippen LogP contribution in [0.5, 0.6) is 11.5 Å². The fraction of sp³-hybridized carbons (Fsp3) is 0.192. The smallest absolute Gasteiger partial charge is 0.243 e. The van der Waals surface area contributed by atoms with Crippen molar-refractivity contribution in [1.29, 1.82) is 0 Å². The molecule has 0 saturated carbocycles. The Morgan fingerprint density at radius 2 is 1.68 bits per heavy atom. The zero-order valence-electron chi connectivity index (χ0n) is 17.6. The van der Waals surface area contributed by atoms with Crippen molar-refractivity contribution >= 4 is 17.3 Å². The molecule has 0 spiro atoms. The Morgan fingerprint density at radius 3 is 2.45 bits per heavy atom. The van der Waals surface area contributed by atoms with Crippen LogP contribution in [0.2, 0.25) is 0 Å². The maximum atomic E-state index is 12.2. The number of anilines is 2. The lowest BCUT2D eigenvalue weighted by atomic mass is 10.1. The van der Waals surface area contributed by atoms with E-state index in [4.69, 9.17) is 9.47 Å². The molecule has 2 N–H and O–H groups in total. The van der Waals surface area contributed by atoms with Gasteiger partial charge in [-0.1, -0.05) is 49.1 Å².